The molecule has 0 aromatic heterocycles. The average Bonchev–Trinajstić information content (AvgIpc) is 1.90. The summed E-state index contributed by atoms with van der Waals surface area (Å²) >= 11 is 0. The van der Waals surface area contributed by atoms with E-state index in [1.54, 1.807) is 0 Å². The minimum atomic E-state index is -3.97. The fourth-order valence-corrected chi connectivity index (χ4v) is 6.12. The Morgan fingerprint density at radius 3 is 1.83 bits per heavy atom. The van der Waals surface area contributed by atoms with Crippen LogP contribution in [-0.4, -0.2) is 24.2 Å². The van der Waals surface area contributed by atoms with Gasteiger partial charge in [-0.25, -0.2) is 4.31 Å². The monoisotopic (exact) mass is 293 g/mol. The Balaban J connectivity index is 2.40. The van der Waals surface area contributed by atoms with Crippen LogP contribution in [0.2, 0.25) is 0 Å². The number of hydrogen-bond acceptors (Lipinski definition) is 3. The highest BCUT2D eigenvalue weighted by Crippen LogP contribution is 2.57. The molecule has 0 unspecified atom stereocenters. The van der Waals surface area contributed by atoms with Crippen LogP contribution < -0.4 is 0 Å². The molecular formula is C12H20ClNO3S. The molecule has 1 heterocycles. The smallest absolute Gasteiger partial charge is 0.274 e. The summed E-state index contributed by atoms with van der Waals surface area (Å²) in [5, 5.41) is 0. The van der Waals surface area contributed by atoms with Gasteiger partial charge in [0.15, 0.2) is 0 Å². The first-order valence-electron chi connectivity index (χ1n) is 6.15. The first kappa shape index (κ1) is 14.1. The molecule has 2 rings (SSSR count). The van der Waals surface area contributed by atoms with Gasteiger partial charge in [0, 0.05) is 10.7 Å². The zero-order chi connectivity index (χ0) is 14.0. The minimum Gasteiger partial charge on any atom is -0.274 e. The van der Waals surface area contributed by atoms with Crippen LogP contribution in [0.5, 0.6) is 0 Å². The number of rotatable bonds is 1. The molecule has 1 aliphatic carbocycles. The second-order valence-corrected chi connectivity index (χ2v) is 9.72. The zero-order valence-corrected chi connectivity index (χ0v) is 12.9. The summed E-state index contributed by atoms with van der Waals surface area (Å²) in [5.74, 6) is -0.376. The lowest BCUT2D eigenvalue weighted by atomic mass is 9.55. The Labute approximate surface area is 113 Å². The van der Waals surface area contributed by atoms with E-state index in [4.69, 9.17) is 10.7 Å². The van der Waals surface area contributed by atoms with Crippen molar-refractivity contribution in [3.05, 3.63) is 0 Å². The third kappa shape index (κ3) is 2.27. The largest absolute Gasteiger partial charge is 0.324 e. The van der Waals surface area contributed by atoms with Crippen LogP contribution in [0, 0.1) is 10.8 Å². The van der Waals surface area contributed by atoms with E-state index in [0.717, 1.165) is 10.7 Å². The third-order valence-electron chi connectivity index (χ3n) is 3.93. The Hall–Kier alpha value is -0.290. The average molecular weight is 294 g/mol. The van der Waals surface area contributed by atoms with Gasteiger partial charge in [-0.2, -0.15) is 8.42 Å². The molecule has 0 aromatic carbocycles. The molecule has 1 spiro atoms. The Morgan fingerprint density at radius 2 is 1.50 bits per heavy atom. The van der Waals surface area contributed by atoms with E-state index < -0.39 is 14.8 Å². The van der Waals surface area contributed by atoms with Gasteiger partial charge in [0.2, 0.25) is 5.91 Å². The standard InChI is InChI=1S/C12H20ClNO3S/c1-10(2)6-11(3,4)8-12(7-10)5-9(15)14(12)18(13,16)17/h5-8H2,1-4H3. The maximum atomic E-state index is 11.6. The highest BCUT2D eigenvalue weighted by Gasteiger charge is 2.62. The van der Waals surface area contributed by atoms with E-state index in [1.807, 2.05) is 0 Å². The van der Waals surface area contributed by atoms with E-state index in [9.17, 15) is 13.2 Å². The van der Waals surface area contributed by atoms with Crippen molar-refractivity contribution in [1.29, 1.82) is 0 Å². The van der Waals surface area contributed by atoms with Crippen molar-refractivity contribution in [2.75, 3.05) is 0 Å². The minimum absolute atomic E-state index is 0.0161. The molecule has 0 radical (unpaired) electrons. The molecule has 1 saturated carbocycles. The molecule has 0 atom stereocenters. The number of nitrogens with zero attached hydrogens (tertiary/aromatic N) is 1. The third-order valence-corrected chi connectivity index (χ3v) is 5.37. The lowest BCUT2D eigenvalue weighted by molar-refractivity contribution is -0.155. The molecule has 2 aliphatic rings. The van der Waals surface area contributed by atoms with Crippen LogP contribution in [0.4, 0.5) is 0 Å². The van der Waals surface area contributed by atoms with Crippen LogP contribution in [0.1, 0.15) is 53.4 Å². The van der Waals surface area contributed by atoms with Crippen molar-refractivity contribution in [2.45, 2.75) is 58.9 Å². The quantitative estimate of drug-likeness (QED) is 0.552. The first-order chi connectivity index (χ1) is 7.87. The maximum Gasteiger partial charge on any atom is 0.324 e. The van der Waals surface area contributed by atoms with Crippen LogP contribution >= 0.6 is 10.7 Å². The maximum absolute atomic E-state index is 11.6. The van der Waals surface area contributed by atoms with Crippen LogP contribution in [0.15, 0.2) is 0 Å². The summed E-state index contributed by atoms with van der Waals surface area (Å²) < 4.78 is 24.1. The van der Waals surface area contributed by atoms with Crippen molar-refractivity contribution in [3.8, 4) is 0 Å². The predicted octanol–water partition coefficient (Wildman–Crippen LogP) is 2.68. The molecule has 18 heavy (non-hydrogen) atoms. The van der Waals surface area contributed by atoms with Gasteiger partial charge < -0.3 is 0 Å². The number of carbonyl (C=O) groups excluding carboxylic acids is 1. The number of amides is 1. The van der Waals surface area contributed by atoms with Crippen molar-refractivity contribution in [3.63, 3.8) is 0 Å². The molecule has 1 aliphatic heterocycles. The Kier molecular flexibility index (Phi) is 2.85. The van der Waals surface area contributed by atoms with Gasteiger partial charge in [-0.05, 0) is 30.1 Å². The summed E-state index contributed by atoms with van der Waals surface area (Å²) in [6.45, 7) is 8.49. The van der Waals surface area contributed by atoms with Crippen LogP contribution in [0.25, 0.3) is 0 Å². The summed E-state index contributed by atoms with van der Waals surface area (Å²) in [7, 11) is 1.45. The normalized spacial score (nSPS) is 29.2. The van der Waals surface area contributed by atoms with Crippen molar-refractivity contribution in [1.82, 2.24) is 4.31 Å². The molecule has 2 fully saturated rings. The van der Waals surface area contributed by atoms with E-state index in [0.29, 0.717) is 19.3 Å². The lowest BCUT2D eigenvalue weighted by Crippen LogP contribution is -2.68. The SMILES string of the molecule is CC1(C)CC(C)(C)CC2(CC(=O)N2S(=O)(=O)Cl)C1. The molecule has 0 N–H and O–H groups in total. The second kappa shape index (κ2) is 3.63. The number of hydrogen-bond donors (Lipinski definition) is 0. The molecule has 6 heteroatoms. The number of β-lactam (4-membered cyclic amide) rings is 1. The van der Waals surface area contributed by atoms with Gasteiger partial charge in [0.05, 0.1) is 12.0 Å². The fraction of sp³-hybridized carbons (Fsp3) is 0.917. The Bertz CT molecular complexity index is 479. The number of carbonyl (C=O) groups is 1. The predicted molar refractivity (Wildman–Crippen MR) is 70.4 cm³/mol. The summed E-state index contributed by atoms with van der Waals surface area (Å²) in [6.07, 6.45) is 2.71. The van der Waals surface area contributed by atoms with Crippen molar-refractivity contribution in [2.24, 2.45) is 10.8 Å². The molecular weight excluding hydrogens is 274 g/mol. The molecule has 0 bridgehead atoms. The fourth-order valence-electron chi connectivity index (χ4n) is 4.48. The van der Waals surface area contributed by atoms with Crippen molar-refractivity contribution < 1.29 is 13.2 Å². The highest BCUT2D eigenvalue weighted by molar-refractivity contribution is 8.12. The van der Waals surface area contributed by atoms with Gasteiger partial charge >= 0.3 is 9.24 Å². The van der Waals surface area contributed by atoms with Crippen LogP contribution in [-0.2, 0) is 14.0 Å². The van der Waals surface area contributed by atoms with Gasteiger partial charge in [0.25, 0.3) is 0 Å². The van der Waals surface area contributed by atoms with Gasteiger partial charge in [0.1, 0.15) is 0 Å². The summed E-state index contributed by atoms with van der Waals surface area (Å²) in [4.78, 5) is 11.6. The molecule has 104 valence electrons. The Morgan fingerprint density at radius 1 is 1.06 bits per heavy atom. The van der Waals surface area contributed by atoms with Gasteiger partial charge in [-0.15, -0.1) is 0 Å². The molecule has 1 amide bonds. The first-order valence-corrected chi connectivity index (χ1v) is 8.42. The summed E-state index contributed by atoms with van der Waals surface area (Å²) in [6, 6.07) is 0. The molecule has 1 saturated heterocycles. The van der Waals surface area contributed by atoms with Crippen molar-refractivity contribution >= 4 is 25.8 Å². The summed E-state index contributed by atoms with van der Waals surface area (Å²) in [5.41, 5.74) is -0.562. The van der Waals surface area contributed by atoms with Crippen LogP contribution in [0.3, 0.4) is 0 Å². The zero-order valence-electron chi connectivity index (χ0n) is 11.3. The highest BCUT2D eigenvalue weighted by atomic mass is 35.7. The lowest BCUT2D eigenvalue weighted by Gasteiger charge is -2.59. The van der Waals surface area contributed by atoms with E-state index in [-0.39, 0.29) is 16.7 Å². The van der Waals surface area contributed by atoms with E-state index in [2.05, 4.69) is 27.7 Å². The molecule has 4 nitrogen and oxygen atoms in total. The van der Waals surface area contributed by atoms with Gasteiger partial charge in [-0.3, -0.25) is 4.79 Å². The number of halogens is 1. The van der Waals surface area contributed by atoms with E-state index in [1.165, 1.54) is 0 Å². The van der Waals surface area contributed by atoms with Gasteiger partial charge in [-0.1, -0.05) is 27.7 Å². The van der Waals surface area contributed by atoms with E-state index >= 15 is 0 Å². The molecule has 0 aromatic rings. The topological polar surface area (TPSA) is 54.5 Å². The second-order valence-electron chi connectivity index (χ2n) is 7.36.